The van der Waals surface area contributed by atoms with Crippen LogP contribution in [0.2, 0.25) is 0 Å². The van der Waals surface area contributed by atoms with Crippen molar-refractivity contribution < 1.29 is 5.11 Å². The van der Waals surface area contributed by atoms with Crippen molar-refractivity contribution in [3.8, 4) is 0 Å². The number of aliphatic hydroxyl groups excluding tert-OH is 1. The normalized spacial score (nSPS) is 20.8. The summed E-state index contributed by atoms with van der Waals surface area (Å²) in [6, 6.07) is 0.413. The van der Waals surface area contributed by atoms with Gasteiger partial charge in [0.25, 0.3) is 0 Å². The molecule has 0 aromatic carbocycles. The van der Waals surface area contributed by atoms with E-state index >= 15 is 0 Å². The monoisotopic (exact) mass is 251 g/mol. The quantitative estimate of drug-likeness (QED) is 0.711. The molecular weight excluding hydrogens is 230 g/mol. The molecule has 0 saturated heterocycles. The predicted molar refractivity (Wildman–Crippen MR) is 61.4 cm³/mol. The van der Waals surface area contributed by atoms with Gasteiger partial charge in [0.15, 0.2) is 0 Å². The van der Waals surface area contributed by atoms with Crippen LogP contribution in [0, 0.1) is 0 Å². The Morgan fingerprint density at radius 2 is 2.08 bits per heavy atom. The molecule has 0 aliphatic heterocycles. The number of aliphatic hydroxyl groups is 1. The van der Waals surface area contributed by atoms with Crippen LogP contribution in [-0.4, -0.2) is 28.6 Å². The lowest BCUT2D eigenvalue weighted by atomic mass is 9.95. The summed E-state index contributed by atoms with van der Waals surface area (Å²) in [5.74, 6) is 0. The van der Waals surface area contributed by atoms with Crippen molar-refractivity contribution in [3.63, 3.8) is 0 Å². The summed E-state index contributed by atoms with van der Waals surface area (Å²) < 4.78 is 0.0813. The molecule has 0 aromatic heterocycles. The molecule has 0 spiro atoms. The molecule has 0 fully saturated rings. The summed E-state index contributed by atoms with van der Waals surface area (Å²) in [6.07, 6.45) is 2.55. The van der Waals surface area contributed by atoms with Crippen LogP contribution >= 0.6 is 15.9 Å². The maximum absolute atomic E-state index is 9.43. The van der Waals surface area contributed by atoms with Crippen molar-refractivity contribution in [2.75, 3.05) is 7.05 Å². The van der Waals surface area contributed by atoms with E-state index in [4.69, 9.17) is 0 Å². The standard InChI is InChI=1S/C10H22BrNO/c1-5-9(13)6-7-10(3,11)8(2)12-4/h8-9,12-13H,5-7H2,1-4H3/t8-,9-,10-/m1/s1. The Morgan fingerprint density at radius 3 is 2.46 bits per heavy atom. The van der Waals surface area contributed by atoms with E-state index in [9.17, 15) is 5.11 Å². The number of rotatable bonds is 6. The van der Waals surface area contributed by atoms with Gasteiger partial charge in [-0.3, -0.25) is 0 Å². The van der Waals surface area contributed by atoms with E-state index in [2.05, 4.69) is 35.1 Å². The first kappa shape index (κ1) is 13.4. The van der Waals surface area contributed by atoms with Crippen LogP contribution in [0.25, 0.3) is 0 Å². The highest BCUT2D eigenvalue weighted by atomic mass is 79.9. The van der Waals surface area contributed by atoms with E-state index in [0.29, 0.717) is 6.04 Å². The van der Waals surface area contributed by atoms with Crippen molar-refractivity contribution in [1.82, 2.24) is 5.32 Å². The third-order valence-electron chi connectivity index (χ3n) is 2.77. The van der Waals surface area contributed by atoms with Gasteiger partial charge in [0, 0.05) is 10.4 Å². The van der Waals surface area contributed by atoms with Gasteiger partial charge < -0.3 is 10.4 Å². The van der Waals surface area contributed by atoms with Gasteiger partial charge in [-0.2, -0.15) is 0 Å². The van der Waals surface area contributed by atoms with Crippen LogP contribution in [0.5, 0.6) is 0 Å². The molecule has 0 amide bonds. The zero-order valence-corrected chi connectivity index (χ0v) is 10.7. The second kappa shape index (κ2) is 5.99. The van der Waals surface area contributed by atoms with E-state index in [0.717, 1.165) is 19.3 Å². The second-order valence-corrected chi connectivity index (χ2v) is 5.70. The lowest BCUT2D eigenvalue weighted by molar-refractivity contribution is 0.152. The molecule has 0 unspecified atom stereocenters. The van der Waals surface area contributed by atoms with Gasteiger partial charge in [-0.05, 0) is 40.2 Å². The highest BCUT2D eigenvalue weighted by molar-refractivity contribution is 9.10. The summed E-state index contributed by atoms with van der Waals surface area (Å²) in [7, 11) is 1.96. The topological polar surface area (TPSA) is 32.3 Å². The molecule has 2 N–H and O–H groups in total. The van der Waals surface area contributed by atoms with Crippen molar-refractivity contribution in [2.24, 2.45) is 0 Å². The van der Waals surface area contributed by atoms with Crippen molar-refractivity contribution in [1.29, 1.82) is 0 Å². The molecular formula is C10H22BrNO. The minimum absolute atomic E-state index is 0.0813. The summed E-state index contributed by atoms with van der Waals surface area (Å²) in [5.41, 5.74) is 0. The lowest BCUT2D eigenvalue weighted by Gasteiger charge is -2.30. The average molecular weight is 252 g/mol. The zero-order valence-electron chi connectivity index (χ0n) is 9.10. The van der Waals surface area contributed by atoms with Gasteiger partial charge in [-0.15, -0.1) is 0 Å². The van der Waals surface area contributed by atoms with Gasteiger partial charge in [0.2, 0.25) is 0 Å². The molecule has 0 radical (unpaired) electrons. The molecule has 0 heterocycles. The lowest BCUT2D eigenvalue weighted by Crippen LogP contribution is -2.40. The van der Waals surface area contributed by atoms with Crippen molar-refractivity contribution in [3.05, 3.63) is 0 Å². The molecule has 0 aliphatic rings. The number of hydrogen-bond donors (Lipinski definition) is 2. The minimum Gasteiger partial charge on any atom is -0.393 e. The Bertz CT molecular complexity index is 139. The van der Waals surface area contributed by atoms with Gasteiger partial charge in [-0.25, -0.2) is 0 Å². The highest BCUT2D eigenvalue weighted by Gasteiger charge is 2.26. The van der Waals surface area contributed by atoms with Gasteiger partial charge >= 0.3 is 0 Å². The predicted octanol–water partition coefficient (Wildman–Crippen LogP) is 2.30. The molecule has 0 aliphatic carbocycles. The van der Waals surface area contributed by atoms with Crippen LogP contribution in [0.1, 0.15) is 40.0 Å². The van der Waals surface area contributed by atoms with Crippen LogP contribution in [0.15, 0.2) is 0 Å². The Labute approximate surface area is 90.2 Å². The number of alkyl halides is 1. The largest absolute Gasteiger partial charge is 0.393 e. The van der Waals surface area contributed by atoms with Crippen molar-refractivity contribution in [2.45, 2.75) is 56.5 Å². The van der Waals surface area contributed by atoms with E-state index in [1.54, 1.807) is 0 Å². The van der Waals surface area contributed by atoms with Crippen LogP contribution in [0.4, 0.5) is 0 Å². The van der Waals surface area contributed by atoms with E-state index in [1.807, 2.05) is 14.0 Å². The first-order chi connectivity index (χ1) is 5.94. The highest BCUT2D eigenvalue weighted by Crippen LogP contribution is 2.28. The van der Waals surface area contributed by atoms with Gasteiger partial charge in [0.1, 0.15) is 0 Å². The maximum Gasteiger partial charge on any atom is 0.0538 e. The summed E-state index contributed by atoms with van der Waals surface area (Å²) in [4.78, 5) is 0. The SMILES string of the molecule is CC[C@@H](O)CC[C@@](C)(Br)[C@@H](C)NC. The minimum atomic E-state index is -0.152. The molecule has 80 valence electrons. The molecule has 0 saturated carbocycles. The number of hydrogen-bond acceptors (Lipinski definition) is 2. The van der Waals surface area contributed by atoms with Crippen molar-refractivity contribution >= 4 is 15.9 Å². The zero-order chi connectivity index (χ0) is 10.5. The number of nitrogens with one attached hydrogen (secondary N) is 1. The smallest absolute Gasteiger partial charge is 0.0538 e. The van der Waals surface area contributed by atoms with Crippen LogP contribution in [0.3, 0.4) is 0 Å². The molecule has 2 nitrogen and oxygen atoms in total. The molecule has 0 bridgehead atoms. The number of halogens is 1. The third-order valence-corrected chi connectivity index (χ3v) is 3.86. The summed E-state index contributed by atoms with van der Waals surface area (Å²) in [6.45, 7) is 6.32. The van der Waals surface area contributed by atoms with E-state index in [1.165, 1.54) is 0 Å². The summed E-state index contributed by atoms with van der Waals surface area (Å²) in [5, 5.41) is 12.7. The molecule has 3 atom stereocenters. The molecule has 0 aromatic rings. The second-order valence-electron chi connectivity index (χ2n) is 3.89. The van der Waals surface area contributed by atoms with Gasteiger partial charge in [-0.1, -0.05) is 22.9 Å². The van der Waals surface area contributed by atoms with Crippen LogP contribution < -0.4 is 5.32 Å². The Kier molecular flexibility index (Phi) is 6.18. The molecule has 13 heavy (non-hydrogen) atoms. The van der Waals surface area contributed by atoms with Gasteiger partial charge in [0.05, 0.1) is 6.10 Å². The Balaban J connectivity index is 3.88. The fraction of sp³-hybridized carbons (Fsp3) is 1.00. The first-order valence-corrected chi connectivity index (χ1v) is 5.77. The average Bonchev–Trinajstić information content (AvgIpc) is 2.12. The van der Waals surface area contributed by atoms with E-state index < -0.39 is 0 Å². The molecule has 3 heteroatoms. The Hall–Kier alpha value is 0.400. The van der Waals surface area contributed by atoms with E-state index in [-0.39, 0.29) is 10.4 Å². The molecule has 0 rings (SSSR count). The summed E-state index contributed by atoms with van der Waals surface area (Å²) >= 11 is 3.69. The third kappa shape index (κ3) is 4.99. The Morgan fingerprint density at radius 1 is 1.54 bits per heavy atom. The first-order valence-electron chi connectivity index (χ1n) is 4.98. The fourth-order valence-electron chi connectivity index (χ4n) is 1.17. The fourth-order valence-corrected chi connectivity index (χ4v) is 1.63. The van der Waals surface area contributed by atoms with Crippen LogP contribution in [-0.2, 0) is 0 Å². The maximum atomic E-state index is 9.43.